The number of sulfone groups is 1. The van der Waals surface area contributed by atoms with Gasteiger partial charge in [-0.1, -0.05) is 41.4 Å². The molecule has 24 heavy (non-hydrogen) atoms. The first-order valence-electron chi connectivity index (χ1n) is 6.94. The maximum Gasteiger partial charge on any atom is 0.218 e. The Morgan fingerprint density at radius 1 is 1.25 bits per heavy atom. The van der Waals surface area contributed by atoms with Crippen molar-refractivity contribution in [3.8, 4) is 11.8 Å². The molecule has 0 aliphatic carbocycles. The first kappa shape index (κ1) is 18.3. The largest absolute Gasteiger partial charge is 0.493 e. The van der Waals surface area contributed by atoms with Gasteiger partial charge in [-0.05, 0) is 37.3 Å². The second kappa shape index (κ2) is 7.71. The molecule has 0 saturated carbocycles. The number of hydrogen-bond acceptors (Lipinski definition) is 4. The zero-order chi connectivity index (χ0) is 17.7. The number of para-hydroxylation sites is 1. The molecule has 0 saturated heterocycles. The fourth-order valence-corrected chi connectivity index (χ4v) is 3.90. The van der Waals surface area contributed by atoms with Gasteiger partial charge in [0.05, 0.1) is 16.5 Å². The van der Waals surface area contributed by atoms with Crippen LogP contribution in [-0.2, 0) is 9.84 Å². The molecule has 0 spiro atoms. The van der Waals surface area contributed by atoms with Gasteiger partial charge in [-0.3, -0.25) is 0 Å². The van der Waals surface area contributed by atoms with Crippen molar-refractivity contribution in [1.82, 2.24) is 0 Å². The molecule has 7 heteroatoms. The van der Waals surface area contributed by atoms with Crippen molar-refractivity contribution in [1.29, 1.82) is 5.26 Å². The summed E-state index contributed by atoms with van der Waals surface area (Å²) in [6.07, 6.45) is 1.26. The number of hydrogen-bond donors (Lipinski definition) is 0. The Bertz CT molecular complexity index is 931. The normalized spacial score (nSPS) is 11.8. The predicted molar refractivity (Wildman–Crippen MR) is 94.8 cm³/mol. The molecule has 0 N–H and O–H groups in total. The van der Waals surface area contributed by atoms with E-state index < -0.39 is 14.7 Å². The third-order valence-corrected chi connectivity index (χ3v) is 5.47. The maximum absolute atomic E-state index is 12.7. The lowest BCUT2D eigenvalue weighted by Crippen LogP contribution is -2.05. The third-order valence-electron chi connectivity index (χ3n) is 3.09. The van der Waals surface area contributed by atoms with E-state index in [1.54, 1.807) is 30.3 Å². The van der Waals surface area contributed by atoms with Crippen LogP contribution in [0.1, 0.15) is 12.5 Å². The summed E-state index contributed by atoms with van der Waals surface area (Å²) in [5, 5.41) is 9.56. The number of allylic oxidation sites excluding steroid dienone is 1. The maximum atomic E-state index is 12.7. The molecule has 124 valence electrons. The van der Waals surface area contributed by atoms with E-state index in [1.807, 2.05) is 6.92 Å². The minimum atomic E-state index is -4.11. The first-order valence-corrected chi connectivity index (χ1v) is 9.17. The Balaban J connectivity index is 2.60. The van der Waals surface area contributed by atoms with Gasteiger partial charge in [-0.15, -0.1) is 0 Å². The predicted octanol–water partition coefficient (Wildman–Crippen LogP) is 4.73. The highest BCUT2D eigenvalue weighted by molar-refractivity contribution is 7.95. The number of rotatable bonds is 5. The van der Waals surface area contributed by atoms with Crippen molar-refractivity contribution < 1.29 is 13.2 Å². The minimum absolute atomic E-state index is 0.00126. The summed E-state index contributed by atoms with van der Waals surface area (Å²) in [6, 6.07) is 12.6. The van der Waals surface area contributed by atoms with Crippen LogP contribution in [0.3, 0.4) is 0 Å². The average molecular weight is 382 g/mol. The van der Waals surface area contributed by atoms with Crippen molar-refractivity contribution in [2.24, 2.45) is 0 Å². The summed E-state index contributed by atoms with van der Waals surface area (Å²) in [5.74, 6) is 0.486. The second-order valence-electron chi connectivity index (χ2n) is 4.67. The van der Waals surface area contributed by atoms with Crippen molar-refractivity contribution in [2.75, 3.05) is 6.61 Å². The Hall–Kier alpha value is -2.00. The lowest BCUT2D eigenvalue weighted by atomic mass is 10.2. The average Bonchev–Trinajstić information content (AvgIpc) is 2.56. The first-order chi connectivity index (χ1) is 11.4. The molecule has 0 bridgehead atoms. The van der Waals surface area contributed by atoms with Gasteiger partial charge in [-0.2, -0.15) is 5.26 Å². The topological polar surface area (TPSA) is 67.2 Å². The molecule has 0 aromatic heterocycles. The number of ether oxygens (including phenoxy) is 1. The van der Waals surface area contributed by atoms with Crippen LogP contribution in [0.4, 0.5) is 0 Å². The molecule has 4 nitrogen and oxygen atoms in total. The minimum Gasteiger partial charge on any atom is -0.493 e. The van der Waals surface area contributed by atoms with E-state index in [-0.39, 0.29) is 14.9 Å². The van der Waals surface area contributed by atoms with Crippen molar-refractivity contribution in [2.45, 2.75) is 11.8 Å². The van der Waals surface area contributed by atoms with Crippen molar-refractivity contribution >= 4 is 39.1 Å². The number of nitriles is 1. The summed E-state index contributed by atoms with van der Waals surface area (Å²) >= 11 is 11.8. The summed E-state index contributed by atoms with van der Waals surface area (Å²) in [7, 11) is -4.11. The molecule has 2 rings (SSSR count). The Labute approximate surface area is 150 Å². The number of halogens is 2. The van der Waals surface area contributed by atoms with Crippen LogP contribution < -0.4 is 4.74 Å². The molecule has 0 heterocycles. The second-order valence-corrected chi connectivity index (χ2v) is 7.40. The Morgan fingerprint density at radius 2 is 1.96 bits per heavy atom. The quantitative estimate of drug-likeness (QED) is 0.701. The van der Waals surface area contributed by atoms with E-state index >= 15 is 0 Å². The summed E-state index contributed by atoms with van der Waals surface area (Å²) in [5.41, 5.74) is 0.484. The van der Waals surface area contributed by atoms with Gasteiger partial charge >= 0.3 is 0 Å². The van der Waals surface area contributed by atoms with Crippen LogP contribution in [-0.4, -0.2) is 15.0 Å². The molecule has 2 aromatic rings. The molecule has 2 aromatic carbocycles. The van der Waals surface area contributed by atoms with Crippen LogP contribution in [0.25, 0.3) is 6.08 Å². The van der Waals surface area contributed by atoms with Crippen LogP contribution in [0.5, 0.6) is 5.75 Å². The molecule has 0 aliphatic heterocycles. The van der Waals surface area contributed by atoms with Gasteiger partial charge in [0.2, 0.25) is 9.84 Å². The van der Waals surface area contributed by atoms with Gasteiger partial charge in [-0.25, -0.2) is 8.42 Å². The monoisotopic (exact) mass is 381 g/mol. The highest BCUT2D eigenvalue weighted by atomic mass is 35.5. The van der Waals surface area contributed by atoms with Gasteiger partial charge in [0.25, 0.3) is 0 Å². The summed E-state index contributed by atoms with van der Waals surface area (Å²) in [6.45, 7) is 2.23. The van der Waals surface area contributed by atoms with Crippen LogP contribution in [0.15, 0.2) is 52.3 Å². The van der Waals surface area contributed by atoms with E-state index in [4.69, 9.17) is 27.9 Å². The molecule has 0 amide bonds. The smallest absolute Gasteiger partial charge is 0.218 e. The van der Waals surface area contributed by atoms with Crippen molar-refractivity contribution in [3.05, 3.63) is 63.0 Å². The molecule has 0 atom stereocenters. The van der Waals surface area contributed by atoms with Gasteiger partial charge in [0.1, 0.15) is 16.7 Å². The summed E-state index contributed by atoms with van der Waals surface area (Å²) in [4.78, 5) is -0.655. The molecular formula is C17H13Cl2NO3S. The zero-order valence-electron chi connectivity index (χ0n) is 12.7. The number of nitrogens with zero attached hydrogens (tertiary/aromatic N) is 1. The molecule has 0 fully saturated rings. The van der Waals surface area contributed by atoms with Gasteiger partial charge < -0.3 is 4.74 Å². The Morgan fingerprint density at radius 3 is 2.62 bits per heavy atom. The molecular weight excluding hydrogens is 369 g/mol. The van der Waals surface area contributed by atoms with E-state index in [9.17, 15) is 13.7 Å². The lowest BCUT2D eigenvalue weighted by Gasteiger charge is -2.09. The van der Waals surface area contributed by atoms with Crippen LogP contribution in [0, 0.1) is 11.3 Å². The summed E-state index contributed by atoms with van der Waals surface area (Å²) < 4.78 is 30.9. The fraction of sp³-hybridized carbons (Fsp3) is 0.118. The van der Waals surface area contributed by atoms with Crippen molar-refractivity contribution in [3.63, 3.8) is 0 Å². The number of benzene rings is 2. The van der Waals surface area contributed by atoms with E-state index in [2.05, 4.69) is 0 Å². The lowest BCUT2D eigenvalue weighted by molar-refractivity contribution is 0.339. The van der Waals surface area contributed by atoms with Gasteiger partial charge in [0, 0.05) is 10.6 Å². The molecule has 0 unspecified atom stereocenters. The molecule has 0 aliphatic rings. The fourth-order valence-electron chi connectivity index (χ4n) is 2.00. The highest BCUT2D eigenvalue weighted by Crippen LogP contribution is 2.31. The van der Waals surface area contributed by atoms with Gasteiger partial charge in [0.15, 0.2) is 0 Å². The van der Waals surface area contributed by atoms with Crippen LogP contribution in [0.2, 0.25) is 10.0 Å². The SMILES string of the molecule is CCOc1ccccc1/C=C(\C#N)S(=O)(=O)c1cc(Cl)ccc1Cl. The Kier molecular flexibility index (Phi) is 5.89. The standard InChI is InChI=1S/C17H13Cl2NO3S/c1-2-23-16-6-4-3-5-12(16)9-14(11-20)24(21,22)17-10-13(18)7-8-15(17)19/h3-10H,2H2,1H3/b14-9+. The van der Waals surface area contributed by atoms with E-state index in [1.165, 1.54) is 24.3 Å². The van der Waals surface area contributed by atoms with Crippen LogP contribution >= 0.6 is 23.2 Å². The van der Waals surface area contributed by atoms with E-state index in [0.717, 1.165) is 0 Å². The third kappa shape index (κ3) is 3.90. The molecule has 0 radical (unpaired) electrons. The zero-order valence-corrected chi connectivity index (χ0v) is 15.0. The highest BCUT2D eigenvalue weighted by Gasteiger charge is 2.24. The van der Waals surface area contributed by atoms with E-state index in [0.29, 0.717) is 17.9 Å².